The maximum absolute atomic E-state index is 14.2. The lowest BCUT2D eigenvalue weighted by Gasteiger charge is -2.38. The van der Waals surface area contributed by atoms with E-state index in [1.54, 1.807) is 12.1 Å². The monoisotopic (exact) mass is 290 g/mol. The lowest BCUT2D eigenvalue weighted by molar-refractivity contribution is 0.480. The summed E-state index contributed by atoms with van der Waals surface area (Å²) < 4.78 is 14.2. The first-order chi connectivity index (χ1) is 9.75. The molecule has 1 aliphatic heterocycles. The van der Waals surface area contributed by atoms with E-state index in [0.717, 1.165) is 19.6 Å². The molecule has 0 spiro atoms. The summed E-state index contributed by atoms with van der Waals surface area (Å²) in [5, 5.41) is 3.80. The van der Waals surface area contributed by atoms with Crippen LogP contribution in [0.2, 0.25) is 5.02 Å². The topological polar surface area (TPSA) is 15.3 Å². The summed E-state index contributed by atoms with van der Waals surface area (Å²) in [6, 6.07) is 15.2. The van der Waals surface area contributed by atoms with E-state index in [1.807, 2.05) is 18.2 Å². The Morgan fingerprint density at radius 3 is 2.70 bits per heavy atom. The fourth-order valence-electron chi connectivity index (χ4n) is 2.68. The molecule has 0 bridgehead atoms. The Morgan fingerprint density at radius 2 is 1.95 bits per heavy atom. The van der Waals surface area contributed by atoms with Gasteiger partial charge in [-0.1, -0.05) is 41.9 Å². The third-order valence-corrected chi connectivity index (χ3v) is 3.88. The van der Waals surface area contributed by atoms with Crippen molar-refractivity contribution in [2.45, 2.75) is 6.04 Å². The van der Waals surface area contributed by atoms with E-state index in [0.29, 0.717) is 10.7 Å². The Labute approximate surface area is 123 Å². The molecule has 4 heteroatoms. The van der Waals surface area contributed by atoms with Gasteiger partial charge < -0.3 is 10.2 Å². The number of hydrogen-bond donors (Lipinski definition) is 1. The van der Waals surface area contributed by atoms with Crippen LogP contribution in [0.25, 0.3) is 0 Å². The Bertz CT molecular complexity index is 588. The first-order valence-corrected chi connectivity index (χ1v) is 7.11. The highest BCUT2D eigenvalue weighted by atomic mass is 35.5. The quantitative estimate of drug-likeness (QED) is 0.908. The van der Waals surface area contributed by atoms with E-state index < -0.39 is 0 Å². The van der Waals surface area contributed by atoms with Gasteiger partial charge in [0.15, 0.2) is 0 Å². The van der Waals surface area contributed by atoms with Gasteiger partial charge in [0.2, 0.25) is 0 Å². The van der Waals surface area contributed by atoms with E-state index in [1.165, 1.54) is 11.6 Å². The van der Waals surface area contributed by atoms with Crippen molar-refractivity contribution in [1.82, 2.24) is 5.32 Å². The second kappa shape index (κ2) is 5.81. The molecule has 1 saturated heterocycles. The van der Waals surface area contributed by atoms with Crippen molar-refractivity contribution in [3.8, 4) is 0 Å². The molecular formula is C16H16ClFN2. The lowest BCUT2D eigenvalue weighted by Crippen LogP contribution is -2.46. The number of hydrogen-bond acceptors (Lipinski definition) is 2. The van der Waals surface area contributed by atoms with E-state index in [9.17, 15) is 4.39 Å². The zero-order valence-corrected chi connectivity index (χ0v) is 11.8. The number of anilines is 1. The molecule has 0 aliphatic carbocycles. The van der Waals surface area contributed by atoms with Gasteiger partial charge in [0.1, 0.15) is 5.82 Å². The van der Waals surface area contributed by atoms with Crippen LogP contribution in [0.4, 0.5) is 10.1 Å². The molecule has 1 atom stereocenters. The first-order valence-electron chi connectivity index (χ1n) is 6.73. The maximum Gasteiger partial charge on any atom is 0.147 e. The van der Waals surface area contributed by atoms with Gasteiger partial charge in [0, 0.05) is 24.7 Å². The van der Waals surface area contributed by atoms with Gasteiger partial charge in [-0.3, -0.25) is 0 Å². The van der Waals surface area contributed by atoms with Gasteiger partial charge in [0.05, 0.1) is 11.7 Å². The van der Waals surface area contributed by atoms with Crippen LogP contribution in [-0.2, 0) is 0 Å². The summed E-state index contributed by atoms with van der Waals surface area (Å²) in [5.74, 6) is -0.264. The second-order valence-corrected chi connectivity index (χ2v) is 5.36. The minimum atomic E-state index is -0.264. The molecule has 1 unspecified atom stereocenters. The smallest absolute Gasteiger partial charge is 0.147 e. The summed E-state index contributed by atoms with van der Waals surface area (Å²) in [6.45, 7) is 2.44. The third kappa shape index (κ3) is 2.65. The zero-order valence-electron chi connectivity index (χ0n) is 11.0. The van der Waals surface area contributed by atoms with Crippen LogP contribution < -0.4 is 10.2 Å². The standard InChI is InChI=1S/C16H16ClFN2/c17-13-6-7-15(14(18)10-13)20-9-8-19-11-16(20)12-4-2-1-3-5-12/h1-7,10,16,19H,8-9,11H2. The van der Waals surface area contributed by atoms with Gasteiger partial charge in [0.25, 0.3) is 0 Å². The average Bonchev–Trinajstić information content (AvgIpc) is 2.48. The molecule has 1 aliphatic rings. The fraction of sp³-hybridized carbons (Fsp3) is 0.250. The molecule has 0 radical (unpaired) electrons. The van der Waals surface area contributed by atoms with Gasteiger partial charge in [-0.15, -0.1) is 0 Å². The van der Waals surface area contributed by atoms with Crippen molar-refractivity contribution in [2.24, 2.45) is 0 Å². The third-order valence-electron chi connectivity index (χ3n) is 3.65. The second-order valence-electron chi connectivity index (χ2n) is 4.92. The van der Waals surface area contributed by atoms with Crippen molar-refractivity contribution < 1.29 is 4.39 Å². The van der Waals surface area contributed by atoms with Gasteiger partial charge in [-0.2, -0.15) is 0 Å². The minimum absolute atomic E-state index is 0.139. The molecule has 1 heterocycles. The highest BCUT2D eigenvalue weighted by Crippen LogP contribution is 2.31. The van der Waals surface area contributed by atoms with E-state index in [2.05, 4.69) is 22.3 Å². The molecule has 2 aromatic carbocycles. The fourth-order valence-corrected chi connectivity index (χ4v) is 2.84. The van der Waals surface area contributed by atoms with Gasteiger partial charge >= 0.3 is 0 Å². The van der Waals surface area contributed by atoms with Crippen LogP contribution in [0.3, 0.4) is 0 Å². The number of halogens is 2. The molecular weight excluding hydrogens is 275 g/mol. The predicted octanol–water partition coefficient (Wildman–Crippen LogP) is 3.63. The van der Waals surface area contributed by atoms with E-state index >= 15 is 0 Å². The number of benzene rings is 2. The van der Waals surface area contributed by atoms with Gasteiger partial charge in [-0.25, -0.2) is 4.39 Å². The maximum atomic E-state index is 14.2. The molecule has 104 valence electrons. The summed E-state index contributed by atoms with van der Waals surface area (Å²) in [4.78, 5) is 2.11. The Balaban J connectivity index is 1.97. The van der Waals surface area contributed by atoms with Crippen LogP contribution >= 0.6 is 11.6 Å². The van der Waals surface area contributed by atoms with Gasteiger partial charge in [-0.05, 0) is 23.8 Å². The normalized spacial score (nSPS) is 19.1. The molecule has 0 aromatic heterocycles. The van der Waals surface area contributed by atoms with E-state index in [4.69, 9.17) is 11.6 Å². The van der Waals surface area contributed by atoms with Crippen LogP contribution in [0.5, 0.6) is 0 Å². The molecule has 1 fully saturated rings. The largest absolute Gasteiger partial charge is 0.360 e. The SMILES string of the molecule is Fc1cc(Cl)ccc1N1CCNCC1c1ccccc1. The Morgan fingerprint density at radius 1 is 1.15 bits per heavy atom. The highest BCUT2D eigenvalue weighted by molar-refractivity contribution is 6.30. The number of piperazine rings is 1. The van der Waals surface area contributed by atoms with E-state index in [-0.39, 0.29) is 11.9 Å². The first kappa shape index (κ1) is 13.4. The Kier molecular flexibility index (Phi) is 3.90. The number of nitrogens with one attached hydrogen (secondary N) is 1. The van der Waals surface area contributed by atoms with Crippen molar-refractivity contribution >= 4 is 17.3 Å². The number of nitrogens with zero attached hydrogens (tertiary/aromatic N) is 1. The van der Waals surface area contributed by atoms with Crippen LogP contribution in [0, 0.1) is 5.82 Å². The Hall–Kier alpha value is -1.58. The zero-order chi connectivity index (χ0) is 13.9. The van der Waals surface area contributed by atoms with Crippen molar-refractivity contribution in [3.63, 3.8) is 0 Å². The van der Waals surface area contributed by atoms with Crippen LogP contribution in [0.15, 0.2) is 48.5 Å². The highest BCUT2D eigenvalue weighted by Gasteiger charge is 2.25. The van der Waals surface area contributed by atoms with Crippen LogP contribution in [0.1, 0.15) is 11.6 Å². The summed E-state index contributed by atoms with van der Waals surface area (Å²) >= 11 is 5.84. The predicted molar refractivity (Wildman–Crippen MR) is 80.8 cm³/mol. The molecule has 0 amide bonds. The van der Waals surface area contributed by atoms with Crippen LogP contribution in [-0.4, -0.2) is 19.6 Å². The molecule has 0 saturated carbocycles. The van der Waals surface area contributed by atoms with Crippen molar-refractivity contribution in [3.05, 3.63) is 64.9 Å². The summed E-state index contributed by atoms with van der Waals surface area (Å²) in [7, 11) is 0. The average molecular weight is 291 g/mol. The molecule has 3 rings (SSSR count). The molecule has 20 heavy (non-hydrogen) atoms. The van der Waals surface area contributed by atoms with Crippen molar-refractivity contribution in [2.75, 3.05) is 24.5 Å². The molecule has 2 nitrogen and oxygen atoms in total. The summed E-state index contributed by atoms with van der Waals surface area (Å²) in [5.41, 5.74) is 1.80. The summed E-state index contributed by atoms with van der Waals surface area (Å²) in [6.07, 6.45) is 0. The molecule has 2 aromatic rings. The molecule has 1 N–H and O–H groups in total. The van der Waals surface area contributed by atoms with Crippen molar-refractivity contribution in [1.29, 1.82) is 0 Å². The number of rotatable bonds is 2. The minimum Gasteiger partial charge on any atom is -0.360 e. The lowest BCUT2D eigenvalue weighted by atomic mass is 10.0.